The second kappa shape index (κ2) is 5.99. The van der Waals surface area contributed by atoms with Crippen LogP contribution in [0.2, 0.25) is 0 Å². The van der Waals surface area contributed by atoms with Gasteiger partial charge in [0.05, 0.1) is 0 Å². The first-order valence-electron chi connectivity index (χ1n) is 5.13. The summed E-state index contributed by atoms with van der Waals surface area (Å²) in [6.07, 6.45) is 0. The van der Waals surface area contributed by atoms with Crippen molar-refractivity contribution < 1.29 is 5.11 Å². The van der Waals surface area contributed by atoms with Crippen molar-refractivity contribution in [3.8, 4) is 0 Å². The van der Waals surface area contributed by atoms with E-state index in [9.17, 15) is 0 Å². The second-order valence-corrected chi connectivity index (χ2v) is 6.14. The van der Waals surface area contributed by atoms with E-state index >= 15 is 0 Å². The quantitative estimate of drug-likeness (QED) is 0.874. The number of thiophene rings is 1. The number of rotatable bonds is 5. The zero-order valence-electron chi connectivity index (χ0n) is 9.38. The fourth-order valence-electron chi connectivity index (χ4n) is 1.23. The molecule has 0 saturated carbocycles. The van der Waals surface area contributed by atoms with Gasteiger partial charge in [-0.3, -0.25) is 0 Å². The van der Waals surface area contributed by atoms with Gasteiger partial charge in [-0.1, -0.05) is 6.92 Å². The van der Waals surface area contributed by atoms with Gasteiger partial charge in [0.1, 0.15) is 0 Å². The van der Waals surface area contributed by atoms with Gasteiger partial charge in [-0.25, -0.2) is 0 Å². The molecule has 0 bridgehead atoms. The molecule has 0 aliphatic rings. The van der Waals surface area contributed by atoms with Gasteiger partial charge in [0.25, 0.3) is 0 Å². The summed E-state index contributed by atoms with van der Waals surface area (Å²) >= 11 is 5.31. The summed E-state index contributed by atoms with van der Waals surface area (Å²) in [6, 6.07) is 2.50. The molecule has 2 nitrogen and oxygen atoms in total. The van der Waals surface area contributed by atoms with E-state index in [-0.39, 0.29) is 6.61 Å². The minimum atomic E-state index is 0.237. The molecule has 2 unspecified atom stereocenters. The van der Waals surface area contributed by atoms with Crippen LogP contribution in [0.25, 0.3) is 0 Å². The molecule has 1 aromatic rings. The van der Waals surface area contributed by atoms with Crippen LogP contribution in [-0.4, -0.2) is 17.8 Å². The van der Waals surface area contributed by atoms with Crippen molar-refractivity contribution in [3.05, 3.63) is 20.3 Å². The Morgan fingerprint density at radius 3 is 2.67 bits per heavy atom. The van der Waals surface area contributed by atoms with Crippen LogP contribution in [0.15, 0.2) is 10.5 Å². The molecule has 15 heavy (non-hydrogen) atoms. The Kier molecular flexibility index (Phi) is 5.26. The average Bonchev–Trinajstić information content (AvgIpc) is 2.54. The lowest BCUT2D eigenvalue weighted by molar-refractivity contribution is 0.207. The first kappa shape index (κ1) is 13.2. The number of halogens is 1. The number of hydrogen-bond acceptors (Lipinski definition) is 3. The van der Waals surface area contributed by atoms with E-state index in [1.165, 1.54) is 14.2 Å². The third kappa shape index (κ3) is 3.87. The summed E-state index contributed by atoms with van der Waals surface area (Å²) < 4.78 is 1.19. The second-order valence-electron chi connectivity index (χ2n) is 3.95. The van der Waals surface area contributed by atoms with Crippen LogP contribution < -0.4 is 5.32 Å². The summed E-state index contributed by atoms with van der Waals surface area (Å²) in [5.74, 6) is 0.300. The molecule has 0 aromatic carbocycles. The predicted molar refractivity (Wildman–Crippen MR) is 69.3 cm³/mol. The van der Waals surface area contributed by atoms with E-state index < -0.39 is 0 Å². The minimum Gasteiger partial charge on any atom is -0.396 e. The standard InChI is InChI=1S/C11H18BrNOS/c1-7(6-14)8(2)13-5-10-4-11(12)9(3)15-10/h4,7-8,13-14H,5-6H2,1-3H3. The first-order valence-corrected chi connectivity index (χ1v) is 6.74. The van der Waals surface area contributed by atoms with Gasteiger partial charge in [0, 0.05) is 33.4 Å². The van der Waals surface area contributed by atoms with Crippen LogP contribution in [-0.2, 0) is 6.54 Å². The predicted octanol–water partition coefficient (Wildman–Crippen LogP) is 2.93. The zero-order valence-corrected chi connectivity index (χ0v) is 11.8. The Bertz CT molecular complexity index is 294. The van der Waals surface area contributed by atoms with E-state index in [4.69, 9.17) is 5.11 Å². The molecule has 0 aliphatic carbocycles. The third-order valence-corrected chi connectivity index (χ3v) is 4.78. The van der Waals surface area contributed by atoms with Crippen LogP contribution in [0.3, 0.4) is 0 Å². The molecular weight excluding hydrogens is 274 g/mol. The molecule has 1 rings (SSSR count). The summed E-state index contributed by atoms with van der Waals surface area (Å²) in [6.45, 7) is 7.38. The normalized spacial score (nSPS) is 15.3. The molecule has 2 atom stereocenters. The highest BCUT2D eigenvalue weighted by molar-refractivity contribution is 9.10. The van der Waals surface area contributed by atoms with Crippen molar-refractivity contribution in [3.63, 3.8) is 0 Å². The van der Waals surface area contributed by atoms with Gasteiger partial charge in [0.15, 0.2) is 0 Å². The molecule has 0 spiro atoms. The molecular formula is C11H18BrNOS. The van der Waals surface area contributed by atoms with Crippen LogP contribution in [0, 0.1) is 12.8 Å². The van der Waals surface area contributed by atoms with Gasteiger partial charge in [-0.15, -0.1) is 11.3 Å². The largest absolute Gasteiger partial charge is 0.396 e. The molecule has 86 valence electrons. The summed E-state index contributed by atoms with van der Waals surface area (Å²) in [5.41, 5.74) is 0. The fraction of sp³-hybridized carbons (Fsp3) is 0.636. The van der Waals surface area contributed by atoms with Gasteiger partial charge >= 0.3 is 0 Å². The Hall–Kier alpha value is 0.100. The SMILES string of the molecule is Cc1sc(CNC(C)C(C)CO)cc1Br. The van der Waals surface area contributed by atoms with Crippen molar-refractivity contribution in [2.24, 2.45) is 5.92 Å². The number of nitrogens with one attached hydrogen (secondary N) is 1. The lowest BCUT2D eigenvalue weighted by Gasteiger charge is -2.18. The topological polar surface area (TPSA) is 32.3 Å². The van der Waals surface area contributed by atoms with Crippen molar-refractivity contribution in [2.75, 3.05) is 6.61 Å². The molecule has 1 aromatic heterocycles. The molecule has 0 saturated heterocycles. The maximum atomic E-state index is 9.01. The van der Waals surface area contributed by atoms with Gasteiger partial charge < -0.3 is 10.4 Å². The summed E-state index contributed by atoms with van der Waals surface area (Å²) in [7, 11) is 0. The maximum absolute atomic E-state index is 9.01. The first-order chi connectivity index (χ1) is 7.04. The molecule has 0 amide bonds. The monoisotopic (exact) mass is 291 g/mol. The van der Waals surface area contributed by atoms with Crippen LogP contribution >= 0.6 is 27.3 Å². The number of aliphatic hydroxyl groups is 1. The van der Waals surface area contributed by atoms with E-state index in [0.29, 0.717) is 12.0 Å². The fourth-order valence-corrected chi connectivity index (χ4v) is 2.78. The Morgan fingerprint density at radius 1 is 1.53 bits per heavy atom. The van der Waals surface area contributed by atoms with E-state index in [1.807, 2.05) is 6.92 Å². The lowest BCUT2D eigenvalue weighted by Crippen LogP contribution is -2.33. The summed E-state index contributed by atoms with van der Waals surface area (Å²) in [5, 5.41) is 12.4. The highest BCUT2D eigenvalue weighted by Gasteiger charge is 2.11. The van der Waals surface area contributed by atoms with Crippen molar-refractivity contribution in [1.29, 1.82) is 0 Å². The summed E-state index contributed by atoms with van der Waals surface area (Å²) in [4.78, 5) is 2.64. The van der Waals surface area contributed by atoms with Crippen molar-refractivity contribution in [1.82, 2.24) is 5.32 Å². The average molecular weight is 292 g/mol. The van der Waals surface area contributed by atoms with Gasteiger partial charge in [-0.2, -0.15) is 0 Å². The molecule has 0 radical (unpaired) electrons. The highest BCUT2D eigenvalue weighted by Crippen LogP contribution is 2.26. The Labute approximate surface area is 104 Å². The minimum absolute atomic E-state index is 0.237. The third-order valence-electron chi connectivity index (χ3n) is 2.65. The maximum Gasteiger partial charge on any atom is 0.0471 e. The molecule has 4 heteroatoms. The smallest absolute Gasteiger partial charge is 0.0471 e. The van der Waals surface area contributed by atoms with Crippen LogP contribution in [0.1, 0.15) is 23.6 Å². The van der Waals surface area contributed by atoms with Crippen LogP contribution in [0.4, 0.5) is 0 Å². The van der Waals surface area contributed by atoms with Gasteiger partial charge in [0.2, 0.25) is 0 Å². The molecule has 2 N–H and O–H groups in total. The lowest BCUT2D eigenvalue weighted by atomic mass is 10.1. The number of aryl methyl sites for hydroxylation is 1. The Balaban J connectivity index is 2.43. The van der Waals surface area contributed by atoms with Crippen molar-refractivity contribution in [2.45, 2.75) is 33.4 Å². The van der Waals surface area contributed by atoms with E-state index in [1.54, 1.807) is 11.3 Å². The number of aliphatic hydroxyl groups excluding tert-OH is 1. The van der Waals surface area contributed by atoms with Crippen molar-refractivity contribution >= 4 is 27.3 Å². The molecule has 1 heterocycles. The van der Waals surface area contributed by atoms with E-state index in [0.717, 1.165) is 6.54 Å². The molecule has 0 aliphatic heterocycles. The van der Waals surface area contributed by atoms with Crippen LogP contribution in [0.5, 0.6) is 0 Å². The number of hydrogen-bond donors (Lipinski definition) is 2. The van der Waals surface area contributed by atoms with E-state index in [2.05, 4.69) is 41.2 Å². The molecule has 0 fully saturated rings. The zero-order chi connectivity index (χ0) is 11.4. The van der Waals surface area contributed by atoms with Gasteiger partial charge in [-0.05, 0) is 41.8 Å². The Morgan fingerprint density at radius 2 is 2.20 bits per heavy atom. The highest BCUT2D eigenvalue weighted by atomic mass is 79.9.